The highest BCUT2D eigenvalue weighted by Crippen LogP contribution is 2.21. The summed E-state index contributed by atoms with van der Waals surface area (Å²) >= 11 is 0. The van der Waals surface area contributed by atoms with E-state index in [1.54, 1.807) is 18.2 Å². The summed E-state index contributed by atoms with van der Waals surface area (Å²) in [5.74, 6) is 0.402. The number of benzene rings is 1. The van der Waals surface area contributed by atoms with E-state index >= 15 is 0 Å². The second-order valence-electron chi connectivity index (χ2n) is 5.11. The van der Waals surface area contributed by atoms with Crippen LogP contribution in [0.2, 0.25) is 0 Å². The number of hydrogen-bond acceptors (Lipinski definition) is 6. The number of rotatable bonds is 4. The van der Waals surface area contributed by atoms with Crippen molar-refractivity contribution in [2.45, 2.75) is 18.3 Å². The molecule has 0 amide bonds. The number of nitrogen functional groups attached to an aromatic ring is 1. The summed E-state index contributed by atoms with van der Waals surface area (Å²) in [5.41, 5.74) is 7.54. The summed E-state index contributed by atoms with van der Waals surface area (Å²) < 4.78 is 23.6. The molecule has 2 unspecified atom stereocenters. The van der Waals surface area contributed by atoms with Gasteiger partial charge in [-0.05, 0) is 18.7 Å². The molecule has 3 rings (SSSR count). The number of aromatic nitrogens is 1. The number of morpholine rings is 1. The van der Waals surface area contributed by atoms with Crippen molar-refractivity contribution in [2.75, 3.05) is 37.7 Å². The van der Waals surface area contributed by atoms with Gasteiger partial charge >= 0.3 is 0 Å². The van der Waals surface area contributed by atoms with Crippen LogP contribution in [0.25, 0.3) is 11.1 Å². The van der Waals surface area contributed by atoms with Crippen molar-refractivity contribution in [3.8, 4) is 0 Å². The van der Waals surface area contributed by atoms with Crippen LogP contribution in [0.5, 0.6) is 0 Å². The zero-order valence-electron chi connectivity index (χ0n) is 11.9. The maximum absolute atomic E-state index is 12.4. The number of nitrogens with two attached hydrogens (primary N) is 1. The molecule has 0 radical (unpaired) electrons. The third-order valence-corrected chi connectivity index (χ3v) is 4.83. The minimum Gasteiger partial charge on any atom is -0.430 e. The van der Waals surface area contributed by atoms with E-state index in [4.69, 9.17) is 14.9 Å². The summed E-state index contributed by atoms with van der Waals surface area (Å²) in [7, 11) is -1.31. The Kier molecular flexibility index (Phi) is 4.23. The summed E-state index contributed by atoms with van der Waals surface area (Å²) in [4.78, 5) is 6.56. The van der Waals surface area contributed by atoms with Crippen LogP contribution in [-0.4, -0.2) is 52.2 Å². The predicted molar refractivity (Wildman–Crippen MR) is 81.6 cm³/mol. The Bertz CT molecular complexity index is 658. The molecule has 2 N–H and O–H groups in total. The molecule has 1 aliphatic rings. The summed E-state index contributed by atoms with van der Waals surface area (Å²) in [6, 6.07) is 5.21. The Hall–Kier alpha value is -1.44. The molecule has 2 aromatic rings. The van der Waals surface area contributed by atoms with E-state index in [0.717, 1.165) is 19.6 Å². The number of ether oxygens (including phenoxy) is 1. The van der Waals surface area contributed by atoms with Crippen LogP contribution in [0.4, 0.5) is 5.69 Å². The second-order valence-corrected chi connectivity index (χ2v) is 6.48. The van der Waals surface area contributed by atoms with Crippen LogP contribution in [-0.2, 0) is 15.5 Å². The lowest BCUT2D eigenvalue weighted by Crippen LogP contribution is -2.44. The Balaban J connectivity index is 1.71. The lowest BCUT2D eigenvalue weighted by molar-refractivity contribution is -0.0142. The molecule has 1 aromatic heterocycles. The molecular formula is C14H19N3O3S. The van der Waals surface area contributed by atoms with E-state index in [1.165, 1.54) is 0 Å². The summed E-state index contributed by atoms with van der Waals surface area (Å²) in [5, 5.41) is 0.243. The molecule has 1 fully saturated rings. The molecule has 6 nitrogen and oxygen atoms in total. The van der Waals surface area contributed by atoms with Crippen LogP contribution in [0.3, 0.4) is 0 Å². The summed E-state index contributed by atoms with van der Waals surface area (Å²) in [6.45, 7) is 5.51. The van der Waals surface area contributed by atoms with Gasteiger partial charge in [0.1, 0.15) is 16.3 Å². The lowest BCUT2D eigenvalue weighted by atomic mass is 10.3. The van der Waals surface area contributed by atoms with Gasteiger partial charge in [-0.25, -0.2) is 9.19 Å². The fourth-order valence-electron chi connectivity index (χ4n) is 2.43. The molecule has 2 atom stereocenters. The van der Waals surface area contributed by atoms with Crippen molar-refractivity contribution >= 4 is 27.6 Å². The van der Waals surface area contributed by atoms with Crippen molar-refractivity contribution in [1.29, 1.82) is 0 Å². The van der Waals surface area contributed by atoms with Crippen LogP contribution in [0, 0.1) is 0 Å². The largest absolute Gasteiger partial charge is 0.430 e. The van der Waals surface area contributed by atoms with Crippen molar-refractivity contribution in [3.05, 3.63) is 18.2 Å². The SMILES string of the molecule is CCN1CCOC(CS(=O)c2nc3ccc(N)cc3o2)C1. The zero-order chi connectivity index (χ0) is 14.8. The molecule has 114 valence electrons. The van der Waals surface area contributed by atoms with Crippen molar-refractivity contribution < 1.29 is 13.4 Å². The van der Waals surface area contributed by atoms with E-state index in [2.05, 4.69) is 16.8 Å². The first-order chi connectivity index (χ1) is 10.2. The Labute approximate surface area is 125 Å². The van der Waals surface area contributed by atoms with Crippen molar-refractivity contribution in [3.63, 3.8) is 0 Å². The van der Waals surface area contributed by atoms with Crippen LogP contribution in [0.1, 0.15) is 6.92 Å². The van der Waals surface area contributed by atoms with Crippen molar-refractivity contribution in [1.82, 2.24) is 9.88 Å². The molecule has 0 bridgehead atoms. The molecule has 21 heavy (non-hydrogen) atoms. The predicted octanol–water partition coefficient (Wildman–Crippen LogP) is 1.24. The van der Waals surface area contributed by atoms with Crippen LogP contribution < -0.4 is 5.73 Å². The Morgan fingerprint density at radius 3 is 3.19 bits per heavy atom. The first kappa shape index (κ1) is 14.5. The third-order valence-electron chi connectivity index (χ3n) is 3.60. The molecule has 0 saturated carbocycles. The minimum atomic E-state index is -1.31. The number of fused-ring (bicyclic) bond motifs is 1. The van der Waals surface area contributed by atoms with Gasteiger partial charge < -0.3 is 14.9 Å². The normalized spacial score (nSPS) is 21.7. The van der Waals surface area contributed by atoms with Gasteiger partial charge in [-0.2, -0.15) is 0 Å². The number of oxazole rings is 1. The van der Waals surface area contributed by atoms with Gasteiger partial charge in [0.2, 0.25) is 0 Å². The van der Waals surface area contributed by atoms with Crippen LogP contribution >= 0.6 is 0 Å². The quantitative estimate of drug-likeness (QED) is 0.856. The standard InChI is InChI=1S/C14H19N3O3S/c1-2-17-5-6-19-11(8-17)9-21(18)14-16-12-4-3-10(15)7-13(12)20-14/h3-4,7,11H,2,5-6,8-9,15H2,1H3. The fraction of sp³-hybridized carbons (Fsp3) is 0.500. The first-order valence-corrected chi connectivity index (χ1v) is 8.36. The summed E-state index contributed by atoms with van der Waals surface area (Å²) in [6.07, 6.45) is -0.0420. The number of hydrogen-bond donors (Lipinski definition) is 1. The zero-order valence-corrected chi connectivity index (χ0v) is 12.8. The van der Waals surface area contributed by atoms with Crippen LogP contribution in [0.15, 0.2) is 27.8 Å². The van der Waals surface area contributed by atoms with E-state index < -0.39 is 10.8 Å². The van der Waals surface area contributed by atoms with Gasteiger partial charge in [-0.3, -0.25) is 4.90 Å². The van der Waals surface area contributed by atoms with Gasteiger partial charge in [-0.1, -0.05) is 6.92 Å². The first-order valence-electron chi connectivity index (χ1n) is 7.04. The molecule has 1 saturated heterocycles. The molecule has 1 aliphatic heterocycles. The van der Waals surface area contributed by atoms with E-state index in [9.17, 15) is 4.21 Å². The Morgan fingerprint density at radius 2 is 2.38 bits per heavy atom. The van der Waals surface area contributed by atoms with E-state index in [0.29, 0.717) is 29.1 Å². The lowest BCUT2D eigenvalue weighted by Gasteiger charge is -2.31. The topological polar surface area (TPSA) is 81.6 Å². The average Bonchev–Trinajstić information content (AvgIpc) is 2.90. The highest BCUT2D eigenvalue weighted by Gasteiger charge is 2.24. The molecule has 1 aromatic carbocycles. The highest BCUT2D eigenvalue weighted by molar-refractivity contribution is 7.84. The smallest absolute Gasteiger partial charge is 0.288 e. The fourth-order valence-corrected chi connectivity index (χ4v) is 3.49. The molecule has 0 spiro atoms. The highest BCUT2D eigenvalue weighted by atomic mass is 32.2. The van der Waals surface area contributed by atoms with Gasteiger partial charge in [0.15, 0.2) is 5.58 Å². The Morgan fingerprint density at radius 1 is 1.52 bits per heavy atom. The van der Waals surface area contributed by atoms with Crippen molar-refractivity contribution in [2.24, 2.45) is 0 Å². The third kappa shape index (κ3) is 3.25. The van der Waals surface area contributed by atoms with E-state index in [1.807, 2.05) is 0 Å². The minimum absolute atomic E-state index is 0.0420. The molecule has 2 heterocycles. The maximum atomic E-state index is 12.4. The number of likely N-dealkylation sites (N-methyl/N-ethyl adjacent to an activating group) is 1. The van der Waals surface area contributed by atoms with Gasteiger partial charge in [0.05, 0.1) is 18.5 Å². The monoisotopic (exact) mass is 309 g/mol. The molecular weight excluding hydrogens is 290 g/mol. The maximum Gasteiger partial charge on any atom is 0.288 e. The number of nitrogens with zero attached hydrogens (tertiary/aromatic N) is 2. The van der Waals surface area contributed by atoms with E-state index in [-0.39, 0.29) is 11.3 Å². The van der Waals surface area contributed by atoms with Gasteiger partial charge in [0.25, 0.3) is 5.22 Å². The number of anilines is 1. The molecule has 7 heteroatoms. The molecule has 0 aliphatic carbocycles. The second kappa shape index (κ2) is 6.13. The van der Waals surface area contributed by atoms with Gasteiger partial charge in [-0.15, -0.1) is 0 Å². The average molecular weight is 309 g/mol. The van der Waals surface area contributed by atoms with Gasteiger partial charge in [0, 0.05) is 24.8 Å².